The Kier molecular flexibility index (Phi) is 9.15. The normalized spacial score (nSPS) is 11.3. The van der Waals surface area contributed by atoms with E-state index in [2.05, 4.69) is 12.6 Å². The second-order valence-corrected chi connectivity index (χ2v) is 6.00. The maximum absolute atomic E-state index is 8.51. The molecule has 0 saturated heterocycles. The van der Waals surface area contributed by atoms with Gasteiger partial charge in [-0.3, -0.25) is 0 Å². The number of nitriles is 1. The highest BCUT2D eigenvalue weighted by atomic mass is 32.1. The van der Waals surface area contributed by atoms with Crippen LogP contribution in [-0.4, -0.2) is 34.4 Å². The quantitative estimate of drug-likeness (QED) is 0.500. The summed E-state index contributed by atoms with van der Waals surface area (Å²) in [5.41, 5.74) is 0. The van der Waals surface area contributed by atoms with Crippen LogP contribution in [-0.2, 0) is 13.3 Å². The molecule has 0 aliphatic carbocycles. The topological polar surface area (TPSA) is 51.5 Å². The zero-order valence-electron chi connectivity index (χ0n) is 9.36. The number of hydrogen-bond acceptors (Lipinski definition) is 5. The lowest BCUT2D eigenvalue weighted by atomic mass is 10.6. The molecule has 0 radical (unpaired) electrons. The molecule has 0 spiro atoms. The van der Waals surface area contributed by atoms with Crippen LogP contribution >= 0.6 is 12.6 Å². The summed E-state index contributed by atoms with van der Waals surface area (Å²) in [5.74, 6) is 0.769. The first kappa shape index (κ1) is 14.9. The van der Waals surface area contributed by atoms with Crippen LogP contribution in [0.4, 0.5) is 0 Å². The molecule has 0 aliphatic rings. The summed E-state index contributed by atoms with van der Waals surface area (Å²) in [6, 6.07) is 2.67. The van der Waals surface area contributed by atoms with Crippen molar-refractivity contribution in [2.24, 2.45) is 0 Å². The van der Waals surface area contributed by atoms with Gasteiger partial charge in [0, 0.05) is 19.3 Å². The second kappa shape index (κ2) is 9.18. The average molecular weight is 249 g/mol. The van der Waals surface area contributed by atoms with Gasteiger partial charge in [0.05, 0.1) is 6.07 Å². The van der Waals surface area contributed by atoms with Gasteiger partial charge < -0.3 is 13.3 Å². The Bertz CT molecular complexity index is 192. The van der Waals surface area contributed by atoms with E-state index < -0.39 is 8.80 Å². The smallest absolute Gasteiger partial charge is 0.374 e. The van der Waals surface area contributed by atoms with Gasteiger partial charge in [-0.25, -0.2) is 0 Å². The van der Waals surface area contributed by atoms with Crippen molar-refractivity contribution < 1.29 is 13.3 Å². The van der Waals surface area contributed by atoms with Crippen molar-refractivity contribution in [2.45, 2.75) is 26.3 Å². The SMILES string of the molecule is CCO[Si](CCCS)(OCC)OCC#N. The maximum Gasteiger partial charge on any atom is 0.501 e. The molecule has 0 atom stereocenters. The number of rotatable bonds is 9. The lowest BCUT2D eigenvalue weighted by Crippen LogP contribution is -2.46. The Morgan fingerprint density at radius 2 is 1.80 bits per heavy atom. The third kappa shape index (κ3) is 6.17. The molecule has 0 bridgehead atoms. The van der Waals surface area contributed by atoms with Crippen molar-refractivity contribution in [3.63, 3.8) is 0 Å². The van der Waals surface area contributed by atoms with E-state index in [1.165, 1.54) is 0 Å². The van der Waals surface area contributed by atoms with Gasteiger partial charge in [0.1, 0.15) is 6.61 Å². The van der Waals surface area contributed by atoms with Crippen LogP contribution in [0, 0.1) is 11.3 Å². The lowest BCUT2D eigenvalue weighted by molar-refractivity contribution is 0.0770. The molecular formula is C9H19NO3SSi. The van der Waals surface area contributed by atoms with Crippen LogP contribution in [0.25, 0.3) is 0 Å². The second-order valence-electron chi connectivity index (χ2n) is 2.82. The van der Waals surface area contributed by atoms with E-state index in [1.54, 1.807) is 0 Å². The van der Waals surface area contributed by atoms with Crippen LogP contribution in [0.5, 0.6) is 0 Å². The third-order valence-corrected chi connectivity index (χ3v) is 5.05. The molecule has 0 aromatic heterocycles. The van der Waals surface area contributed by atoms with Crippen molar-refractivity contribution >= 4 is 21.4 Å². The Morgan fingerprint density at radius 3 is 2.20 bits per heavy atom. The van der Waals surface area contributed by atoms with Gasteiger partial charge in [-0.1, -0.05) is 0 Å². The van der Waals surface area contributed by atoms with Gasteiger partial charge in [-0.15, -0.1) is 0 Å². The highest BCUT2D eigenvalue weighted by Gasteiger charge is 2.39. The van der Waals surface area contributed by atoms with Gasteiger partial charge in [-0.05, 0) is 26.0 Å². The minimum absolute atomic E-state index is 0.0266. The Balaban J connectivity index is 4.34. The van der Waals surface area contributed by atoms with Crippen LogP contribution < -0.4 is 0 Å². The number of thiol groups is 1. The van der Waals surface area contributed by atoms with Crippen LogP contribution in [0.1, 0.15) is 20.3 Å². The van der Waals surface area contributed by atoms with Gasteiger partial charge in [0.2, 0.25) is 0 Å². The van der Waals surface area contributed by atoms with Crippen molar-refractivity contribution in [3.05, 3.63) is 0 Å². The fourth-order valence-electron chi connectivity index (χ4n) is 1.22. The molecule has 0 heterocycles. The van der Waals surface area contributed by atoms with E-state index in [9.17, 15) is 0 Å². The fourth-order valence-corrected chi connectivity index (χ4v) is 4.13. The molecule has 88 valence electrons. The molecule has 0 aromatic rings. The van der Waals surface area contributed by atoms with E-state index in [1.807, 2.05) is 19.9 Å². The minimum Gasteiger partial charge on any atom is -0.374 e. The summed E-state index contributed by atoms with van der Waals surface area (Å²) in [5, 5.41) is 8.51. The van der Waals surface area contributed by atoms with Crippen molar-refractivity contribution in [1.29, 1.82) is 5.26 Å². The Hall–Kier alpha value is -0.0631. The van der Waals surface area contributed by atoms with Gasteiger partial charge in [0.15, 0.2) is 0 Å². The molecule has 15 heavy (non-hydrogen) atoms. The molecule has 4 nitrogen and oxygen atoms in total. The van der Waals surface area contributed by atoms with Gasteiger partial charge in [0.25, 0.3) is 0 Å². The summed E-state index contributed by atoms with van der Waals surface area (Å²) < 4.78 is 16.6. The van der Waals surface area contributed by atoms with Crippen molar-refractivity contribution in [3.8, 4) is 6.07 Å². The highest BCUT2D eigenvalue weighted by Crippen LogP contribution is 2.18. The lowest BCUT2D eigenvalue weighted by Gasteiger charge is -2.27. The Labute approximate surface area is 98.3 Å². The first-order chi connectivity index (χ1) is 7.24. The average Bonchev–Trinajstić information content (AvgIpc) is 2.24. The maximum atomic E-state index is 8.51. The molecule has 0 unspecified atom stereocenters. The summed E-state index contributed by atoms with van der Waals surface area (Å²) >= 11 is 4.15. The monoisotopic (exact) mass is 249 g/mol. The molecule has 0 rings (SSSR count). The molecular weight excluding hydrogens is 230 g/mol. The van der Waals surface area contributed by atoms with Gasteiger partial charge in [-0.2, -0.15) is 17.9 Å². The van der Waals surface area contributed by atoms with E-state index in [-0.39, 0.29) is 6.61 Å². The highest BCUT2D eigenvalue weighted by molar-refractivity contribution is 7.80. The van der Waals surface area contributed by atoms with Crippen molar-refractivity contribution in [1.82, 2.24) is 0 Å². The zero-order chi connectivity index (χ0) is 11.6. The molecule has 0 amide bonds. The largest absolute Gasteiger partial charge is 0.501 e. The predicted molar refractivity (Wildman–Crippen MR) is 63.8 cm³/mol. The minimum atomic E-state index is -2.61. The van der Waals surface area contributed by atoms with E-state index in [0.717, 1.165) is 18.2 Å². The third-order valence-electron chi connectivity index (χ3n) is 1.73. The van der Waals surface area contributed by atoms with Crippen molar-refractivity contribution in [2.75, 3.05) is 25.6 Å². The zero-order valence-corrected chi connectivity index (χ0v) is 11.3. The predicted octanol–water partition coefficient (Wildman–Crippen LogP) is 1.86. The van der Waals surface area contributed by atoms with Crippen LogP contribution in [0.2, 0.25) is 6.04 Å². The summed E-state index contributed by atoms with van der Waals surface area (Å²) in [6.45, 7) is 4.92. The standard InChI is InChI=1S/C9H19NO3SSi/c1-3-11-15(12-4-2,9-5-8-14)13-7-6-10/h14H,3-5,7-9H2,1-2H3. The Morgan fingerprint density at radius 1 is 1.20 bits per heavy atom. The molecule has 0 N–H and O–H groups in total. The molecule has 0 aromatic carbocycles. The van der Waals surface area contributed by atoms with Crippen LogP contribution in [0.15, 0.2) is 0 Å². The van der Waals surface area contributed by atoms with E-state index >= 15 is 0 Å². The molecule has 0 fully saturated rings. The first-order valence-corrected chi connectivity index (χ1v) is 7.70. The summed E-state index contributed by atoms with van der Waals surface area (Å²) in [7, 11) is -2.61. The van der Waals surface area contributed by atoms with E-state index in [4.69, 9.17) is 18.5 Å². The van der Waals surface area contributed by atoms with Crippen LogP contribution in [0.3, 0.4) is 0 Å². The summed E-state index contributed by atoms with van der Waals surface area (Å²) in [4.78, 5) is 0. The molecule has 0 aliphatic heterocycles. The van der Waals surface area contributed by atoms with E-state index in [0.29, 0.717) is 13.2 Å². The first-order valence-electron chi connectivity index (χ1n) is 5.14. The number of nitrogens with zero attached hydrogens (tertiary/aromatic N) is 1. The number of hydrogen-bond donors (Lipinski definition) is 1. The fraction of sp³-hybridized carbons (Fsp3) is 0.889. The van der Waals surface area contributed by atoms with Gasteiger partial charge >= 0.3 is 8.80 Å². The molecule has 0 saturated carbocycles. The summed E-state index contributed by atoms with van der Waals surface area (Å²) in [6.07, 6.45) is 0.876. The molecule has 6 heteroatoms.